The number of nitrogens with one attached hydrogen (secondary N) is 1. The van der Waals surface area contributed by atoms with E-state index in [1.807, 2.05) is 4.90 Å². The van der Waals surface area contributed by atoms with Crippen LogP contribution in [0.5, 0.6) is 0 Å². The average molecular weight is 344 g/mol. The van der Waals surface area contributed by atoms with Gasteiger partial charge in [-0.2, -0.15) is 0 Å². The van der Waals surface area contributed by atoms with Gasteiger partial charge in [-0.25, -0.2) is 0 Å². The van der Waals surface area contributed by atoms with E-state index in [4.69, 9.17) is 5.73 Å². The smallest absolute Gasteiger partial charge is 0.225 e. The summed E-state index contributed by atoms with van der Waals surface area (Å²) in [5.74, 6) is 1.34. The molecule has 2 amide bonds. The van der Waals surface area contributed by atoms with Gasteiger partial charge in [0.05, 0.1) is 5.92 Å². The first-order valence-corrected chi connectivity index (χ1v) is 8.88. The predicted octanol–water partition coefficient (Wildman–Crippen LogP) is 1.69. The van der Waals surface area contributed by atoms with Crippen molar-refractivity contribution in [3.05, 3.63) is 0 Å². The summed E-state index contributed by atoms with van der Waals surface area (Å²) in [7, 11) is 0. The molecule has 5 nitrogen and oxygen atoms in total. The normalized spacial score (nSPS) is 32.3. The number of hydrogen-bond acceptors (Lipinski definition) is 3. The number of carbonyl (C=O) groups is 2. The summed E-state index contributed by atoms with van der Waals surface area (Å²) in [6, 6.07) is 0.461. The van der Waals surface area contributed by atoms with Crippen molar-refractivity contribution in [2.75, 3.05) is 13.1 Å². The Morgan fingerprint density at radius 2 is 1.91 bits per heavy atom. The lowest BCUT2D eigenvalue weighted by Crippen LogP contribution is -2.45. The molecule has 3 fully saturated rings. The lowest BCUT2D eigenvalue weighted by molar-refractivity contribution is -0.131. The maximum atomic E-state index is 12.4. The van der Waals surface area contributed by atoms with Crippen LogP contribution >= 0.6 is 12.4 Å². The van der Waals surface area contributed by atoms with Crippen LogP contribution in [0.4, 0.5) is 0 Å². The fraction of sp³-hybridized carbons (Fsp3) is 0.882. The fourth-order valence-electron chi connectivity index (χ4n) is 3.98. The number of halogens is 1. The molecule has 3 aliphatic rings. The first-order chi connectivity index (χ1) is 10.6. The predicted molar refractivity (Wildman–Crippen MR) is 92.2 cm³/mol. The molecule has 3 rings (SSSR count). The number of amides is 2. The van der Waals surface area contributed by atoms with Crippen LogP contribution in [0, 0.1) is 17.8 Å². The molecule has 0 radical (unpaired) electrons. The summed E-state index contributed by atoms with van der Waals surface area (Å²) in [6.45, 7) is 3.39. The van der Waals surface area contributed by atoms with Gasteiger partial charge in [-0.1, -0.05) is 6.92 Å². The molecular formula is C17H30ClN3O2. The summed E-state index contributed by atoms with van der Waals surface area (Å²) >= 11 is 0. The van der Waals surface area contributed by atoms with E-state index in [0.29, 0.717) is 31.5 Å². The molecule has 0 aromatic heterocycles. The van der Waals surface area contributed by atoms with Crippen molar-refractivity contribution in [3.63, 3.8) is 0 Å². The molecule has 2 saturated carbocycles. The van der Waals surface area contributed by atoms with Gasteiger partial charge in [0.15, 0.2) is 0 Å². The number of likely N-dealkylation sites (tertiary alicyclic amines) is 1. The Labute approximate surface area is 145 Å². The largest absolute Gasteiger partial charge is 0.352 e. The van der Waals surface area contributed by atoms with Crippen LogP contribution in [0.1, 0.15) is 51.9 Å². The van der Waals surface area contributed by atoms with E-state index >= 15 is 0 Å². The molecule has 2 atom stereocenters. The minimum Gasteiger partial charge on any atom is -0.352 e. The van der Waals surface area contributed by atoms with Gasteiger partial charge < -0.3 is 16.0 Å². The Bertz CT molecular complexity index is 434. The van der Waals surface area contributed by atoms with E-state index in [9.17, 15) is 9.59 Å². The number of rotatable bonds is 5. The third kappa shape index (κ3) is 4.38. The number of nitrogens with two attached hydrogens (primary N) is 1. The van der Waals surface area contributed by atoms with Crippen LogP contribution in [0.25, 0.3) is 0 Å². The van der Waals surface area contributed by atoms with E-state index in [0.717, 1.165) is 31.6 Å². The van der Waals surface area contributed by atoms with E-state index in [1.54, 1.807) is 0 Å². The third-order valence-corrected chi connectivity index (χ3v) is 5.73. The molecule has 6 heteroatoms. The van der Waals surface area contributed by atoms with Crippen molar-refractivity contribution in [1.29, 1.82) is 0 Å². The van der Waals surface area contributed by atoms with Crippen molar-refractivity contribution >= 4 is 24.2 Å². The topological polar surface area (TPSA) is 75.4 Å². The minimum atomic E-state index is -0.181. The second kappa shape index (κ2) is 7.84. The molecule has 0 spiro atoms. The van der Waals surface area contributed by atoms with Gasteiger partial charge in [0.1, 0.15) is 0 Å². The average Bonchev–Trinajstić information content (AvgIpc) is 3.28. The highest BCUT2D eigenvalue weighted by Crippen LogP contribution is 2.33. The third-order valence-electron chi connectivity index (χ3n) is 5.73. The highest BCUT2D eigenvalue weighted by Gasteiger charge is 2.40. The second-order valence-corrected chi connectivity index (χ2v) is 7.55. The Balaban J connectivity index is 0.00000192. The van der Waals surface area contributed by atoms with E-state index in [1.165, 1.54) is 12.8 Å². The Morgan fingerprint density at radius 1 is 1.26 bits per heavy atom. The summed E-state index contributed by atoms with van der Waals surface area (Å²) in [6.07, 6.45) is 7.28. The molecule has 3 N–H and O–H groups in total. The molecule has 2 aliphatic carbocycles. The Kier molecular flexibility index (Phi) is 6.32. The highest BCUT2D eigenvalue weighted by atomic mass is 35.5. The fourth-order valence-corrected chi connectivity index (χ4v) is 3.98. The maximum absolute atomic E-state index is 12.4. The van der Waals surface area contributed by atoms with Crippen LogP contribution in [-0.4, -0.2) is 41.9 Å². The molecule has 2 unspecified atom stereocenters. The molecule has 1 aliphatic heterocycles. The second-order valence-electron chi connectivity index (χ2n) is 7.55. The Hall–Kier alpha value is -0.810. The first kappa shape index (κ1) is 18.5. The minimum absolute atomic E-state index is 0. The van der Waals surface area contributed by atoms with Gasteiger partial charge in [-0.15, -0.1) is 12.4 Å². The molecule has 0 aromatic carbocycles. The molecule has 23 heavy (non-hydrogen) atoms. The van der Waals surface area contributed by atoms with Crippen molar-refractivity contribution < 1.29 is 9.59 Å². The number of hydrogen-bond donors (Lipinski definition) is 2. The summed E-state index contributed by atoms with van der Waals surface area (Å²) in [5, 5.41) is 3.08. The highest BCUT2D eigenvalue weighted by molar-refractivity contribution is 5.89. The van der Waals surface area contributed by atoms with E-state index in [-0.39, 0.29) is 36.2 Å². The van der Waals surface area contributed by atoms with Crippen LogP contribution in [0.15, 0.2) is 0 Å². The zero-order valence-electron chi connectivity index (χ0n) is 14.0. The van der Waals surface area contributed by atoms with Crippen LogP contribution in [-0.2, 0) is 9.59 Å². The summed E-state index contributed by atoms with van der Waals surface area (Å²) < 4.78 is 0. The first-order valence-electron chi connectivity index (χ1n) is 8.88. The quantitative estimate of drug-likeness (QED) is 0.797. The van der Waals surface area contributed by atoms with E-state index in [2.05, 4.69) is 12.2 Å². The Morgan fingerprint density at radius 3 is 2.48 bits per heavy atom. The zero-order valence-corrected chi connectivity index (χ0v) is 14.8. The summed E-state index contributed by atoms with van der Waals surface area (Å²) in [5.41, 5.74) is 5.75. The molecule has 0 aromatic rings. The van der Waals surface area contributed by atoms with Crippen molar-refractivity contribution in [1.82, 2.24) is 10.2 Å². The molecule has 132 valence electrons. The standard InChI is InChI=1S/C17H29N3O2.ClH/c1-11-2-6-14(7-3-11)20-10-13(8-16(20)21)17(22)19-15(9-18)12-4-5-12;/h11-15H,2-10,18H2,1H3,(H,19,22);1H. The number of carbonyl (C=O) groups excluding carboxylic acids is 2. The SMILES string of the molecule is CC1CCC(N2CC(C(=O)NC(CN)C3CC3)CC2=O)CC1.Cl. The van der Waals surface area contributed by atoms with Crippen LogP contribution in [0.3, 0.4) is 0 Å². The zero-order chi connectivity index (χ0) is 15.7. The van der Waals surface area contributed by atoms with Crippen LogP contribution < -0.4 is 11.1 Å². The van der Waals surface area contributed by atoms with Crippen molar-refractivity contribution in [2.45, 2.75) is 64.0 Å². The van der Waals surface area contributed by atoms with Gasteiger partial charge in [-0.05, 0) is 50.4 Å². The van der Waals surface area contributed by atoms with Crippen molar-refractivity contribution in [2.24, 2.45) is 23.5 Å². The maximum Gasteiger partial charge on any atom is 0.225 e. The van der Waals surface area contributed by atoms with Gasteiger partial charge in [0, 0.05) is 31.6 Å². The van der Waals surface area contributed by atoms with Gasteiger partial charge in [0.25, 0.3) is 0 Å². The van der Waals surface area contributed by atoms with Crippen LogP contribution in [0.2, 0.25) is 0 Å². The summed E-state index contributed by atoms with van der Waals surface area (Å²) in [4.78, 5) is 26.7. The van der Waals surface area contributed by atoms with Crippen molar-refractivity contribution in [3.8, 4) is 0 Å². The van der Waals surface area contributed by atoms with Gasteiger partial charge >= 0.3 is 0 Å². The van der Waals surface area contributed by atoms with E-state index < -0.39 is 0 Å². The lowest BCUT2D eigenvalue weighted by atomic mass is 9.87. The van der Waals surface area contributed by atoms with Gasteiger partial charge in [0.2, 0.25) is 11.8 Å². The molecule has 0 bridgehead atoms. The molecule has 1 saturated heterocycles. The monoisotopic (exact) mass is 343 g/mol. The molecular weight excluding hydrogens is 314 g/mol. The molecule has 1 heterocycles. The van der Waals surface area contributed by atoms with Gasteiger partial charge in [-0.3, -0.25) is 9.59 Å². The lowest BCUT2D eigenvalue weighted by Gasteiger charge is -2.33. The number of nitrogens with zero attached hydrogens (tertiary/aromatic N) is 1.